The van der Waals surface area contributed by atoms with Gasteiger partial charge in [0.15, 0.2) is 0 Å². The lowest BCUT2D eigenvalue weighted by Gasteiger charge is -2.45. The second-order valence-corrected chi connectivity index (χ2v) is 9.93. The van der Waals surface area contributed by atoms with Crippen LogP contribution in [0.1, 0.15) is 17.5 Å². The molecule has 0 aromatic heterocycles. The molecular formula is C22H31ClN2O4S. The van der Waals surface area contributed by atoms with Crippen LogP contribution in [-0.2, 0) is 21.4 Å². The van der Waals surface area contributed by atoms with Gasteiger partial charge in [-0.1, -0.05) is 42.5 Å². The van der Waals surface area contributed by atoms with Crippen LogP contribution in [0, 0.1) is 5.92 Å². The van der Waals surface area contributed by atoms with E-state index in [4.69, 9.17) is 4.74 Å². The van der Waals surface area contributed by atoms with E-state index < -0.39 is 15.6 Å². The topological polar surface area (TPSA) is 70.1 Å². The van der Waals surface area contributed by atoms with Crippen molar-refractivity contribution in [2.75, 3.05) is 40.8 Å². The minimum atomic E-state index is -3.47. The molecule has 1 unspecified atom stereocenters. The number of halogens is 1. The fraction of sp³-hybridized carbons (Fsp3) is 0.455. The Bertz CT molecular complexity index is 924. The number of hydrogen-bond donors (Lipinski definition) is 1. The molecule has 3 rings (SSSR count). The molecule has 0 aliphatic carbocycles. The van der Waals surface area contributed by atoms with Gasteiger partial charge < -0.3 is 14.7 Å². The van der Waals surface area contributed by atoms with Gasteiger partial charge in [-0.05, 0) is 43.8 Å². The monoisotopic (exact) mass is 454 g/mol. The number of aliphatic hydroxyl groups is 1. The highest BCUT2D eigenvalue weighted by molar-refractivity contribution is 7.88. The Hall–Kier alpha value is -1.64. The summed E-state index contributed by atoms with van der Waals surface area (Å²) in [6.07, 6.45) is 0.340. The van der Waals surface area contributed by atoms with E-state index in [1.807, 2.05) is 73.6 Å². The number of benzene rings is 2. The van der Waals surface area contributed by atoms with E-state index in [1.54, 1.807) is 7.11 Å². The smallest absolute Gasteiger partial charge is 0.218 e. The summed E-state index contributed by atoms with van der Waals surface area (Å²) in [5, 5.41) is 11.6. The highest BCUT2D eigenvalue weighted by Crippen LogP contribution is 2.40. The normalized spacial score (nSPS) is 22.5. The minimum absolute atomic E-state index is 0. The Labute approximate surface area is 185 Å². The summed E-state index contributed by atoms with van der Waals surface area (Å²) in [5.74, 6) is 0.391. The summed E-state index contributed by atoms with van der Waals surface area (Å²) in [4.78, 5) is 1.99. The number of piperidine rings is 1. The summed E-state index contributed by atoms with van der Waals surface area (Å²) < 4.78 is 32.9. The summed E-state index contributed by atoms with van der Waals surface area (Å²) in [6.45, 7) is 1.14. The molecule has 30 heavy (non-hydrogen) atoms. The zero-order valence-electron chi connectivity index (χ0n) is 17.7. The summed E-state index contributed by atoms with van der Waals surface area (Å²) >= 11 is 0. The van der Waals surface area contributed by atoms with Crippen LogP contribution in [0.5, 0.6) is 5.75 Å². The SMILES string of the molecule is COc1cccc(C2(O)CCN(S(=O)(=O)Cc3ccccc3)C[C@@H]2CN(C)C)c1.Cl. The van der Waals surface area contributed by atoms with Crippen molar-refractivity contribution < 1.29 is 18.3 Å². The van der Waals surface area contributed by atoms with Gasteiger partial charge in [-0.2, -0.15) is 0 Å². The third-order valence-electron chi connectivity index (χ3n) is 5.58. The lowest BCUT2D eigenvalue weighted by molar-refractivity contribution is -0.0698. The zero-order chi connectivity index (χ0) is 21.1. The van der Waals surface area contributed by atoms with Gasteiger partial charge >= 0.3 is 0 Å². The molecule has 0 spiro atoms. The molecule has 1 aliphatic heterocycles. The maximum absolute atomic E-state index is 13.0. The third kappa shape index (κ3) is 5.53. The molecule has 0 radical (unpaired) electrons. The molecule has 2 aromatic carbocycles. The molecule has 2 atom stereocenters. The number of nitrogens with zero attached hydrogens (tertiary/aromatic N) is 2. The minimum Gasteiger partial charge on any atom is -0.497 e. The predicted molar refractivity (Wildman–Crippen MR) is 121 cm³/mol. The molecule has 1 aliphatic rings. The highest BCUT2D eigenvalue weighted by atomic mass is 35.5. The van der Waals surface area contributed by atoms with Gasteiger partial charge in [0, 0.05) is 25.6 Å². The van der Waals surface area contributed by atoms with Crippen molar-refractivity contribution in [3.63, 3.8) is 0 Å². The van der Waals surface area contributed by atoms with Crippen LogP contribution in [0.4, 0.5) is 0 Å². The number of hydrogen-bond acceptors (Lipinski definition) is 5. The van der Waals surface area contributed by atoms with Gasteiger partial charge in [-0.25, -0.2) is 12.7 Å². The third-order valence-corrected chi connectivity index (χ3v) is 7.40. The first kappa shape index (κ1) is 24.6. The van der Waals surface area contributed by atoms with E-state index >= 15 is 0 Å². The molecule has 8 heteroatoms. The Balaban J connectivity index is 0.00000320. The van der Waals surface area contributed by atoms with Gasteiger partial charge in [-0.3, -0.25) is 0 Å². The van der Waals surface area contributed by atoms with Crippen molar-refractivity contribution in [1.82, 2.24) is 9.21 Å². The molecule has 2 aromatic rings. The van der Waals surface area contributed by atoms with E-state index in [9.17, 15) is 13.5 Å². The summed E-state index contributed by atoms with van der Waals surface area (Å²) in [7, 11) is 1.99. The van der Waals surface area contributed by atoms with Crippen molar-refractivity contribution in [3.8, 4) is 5.75 Å². The van der Waals surface area contributed by atoms with E-state index in [1.165, 1.54) is 4.31 Å². The Morgan fingerprint density at radius 1 is 1.17 bits per heavy atom. The van der Waals surface area contributed by atoms with Crippen LogP contribution in [-0.4, -0.2) is 63.6 Å². The maximum atomic E-state index is 13.0. The van der Waals surface area contributed by atoms with Crippen LogP contribution in [0.3, 0.4) is 0 Å². The maximum Gasteiger partial charge on any atom is 0.218 e. The fourth-order valence-corrected chi connectivity index (χ4v) is 5.61. The van der Waals surface area contributed by atoms with Gasteiger partial charge in [0.2, 0.25) is 10.0 Å². The van der Waals surface area contributed by atoms with E-state index in [0.717, 1.165) is 11.1 Å². The summed E-state index contributed by atoms with van der Waals surface area (Å²) in [6, 6.07) is 16.6. The quantitative estimate of drug-likeness (QED) is 0.696. The van der Waals surface area contributed by atoms with E-state index in [0.29, 0.717) is 18.7 Å². The molecule has 0 amide bonds. The van der Waals surface area contributed by atoms with Gasteiger partial charge in [0.05, 0.1) is 18.5 Å². The average Bonchev–Trinajstić information content (AvgIpc) is 2.69. The van der Waals surface area contributed by atoms with Crippen molar-refractivity contribution in [2.45, 2.75) is 17.8 Å². The average molecular weight is 455 g/mol. The van der Waals surface area contributed by atoms with E-state index in [2.05, 4.69) is 0 Å². The first-order valence-electron chi connectivity index (χ1n) is 9.78. The number of rotatable bonds is 7. The lowest BCUT2D eigenvalue weighted by Crippen LogP contribution is -2.54. The van der Waals surface area contributed by atoms with Crippen LogP contribution < -0.4 is 4.74 Å². The Morgan fingerprint density at radius 3 is 2.50 bits per heavy atom. The lowest BCUT2D eigenvalue weighted by atomic mass is 9.76. The molecule has 6 nitrogen and oxygen atoms in total. The summed E-state index contributed by atoms with van der Waals surface area (Å²) in [5.41, 5.74) is 0.423. The molecule has 1 heterocycles. The van der Waals surface area contributed by atoms with Crippen molar-refractivity contribution >= 4 is 22.4 Å². The standard InChI is InChI=1S/C22H30N2O4S.ClH/c1-23(2)15-20-16-24(29(26,27)17-18-8-5-4-6-9-18)13-12-22(20,25)19-10-7-11-21(14-19)28-3;/h4-11,14,20,25H,12-13,15-17H2,1-3H3;1H/t20-,22?;/m0./s1. The molecule has 1 N–H and O–H groups in total. The largest absolute Gasteiger partial charge is 0.497 e. The fourth-order valence-electron chi connectivity index (χ4n) is 4.04. The first-order chi connectivity index (χ1) is 13.7. The van der Waals surface area contributed by atoms with Crippen molar-refractivity contribution in [3.05, 3.63) is 65.7 Å². The Kier molecular flexibility index (Phi) is 8.30. The van der Waals surface area contributed by atoms with Gasteiger partial charge in [-0.15, -0.1) is 12.4 Å². The predicted octanol–water partition coefficient (Wildman–Crippen LogP) is 2.72. The van der Waals surface area contributed by atoms with Gasteiger partial charge in [0.1, 0.15) is 5.75 Å². The van der Waals surface area contributed by atoms with E-state index in [-0.39, 0.29) is 37.2 Å². The molecular weight excluding hydrogens is 424 g/mol. The first-order valence-corrected chi connectivity index (χ1v) is 11.4. The zero-order valence-corrected chi connectivity index (χ0v) is 19.3. The molecule has 1 fully saturated rings. The number of methoxy groups -OCH3 is 1. The number of ether oxygens (including phenoxy) is 1. The van der Waals surface area contributed by atoms with Crippen molar-refractivity contribution in [2.24, 2.45) is 5.92 Å². The Morgan fingerprint density at radius 2 is 1.87 bits per heavy atom. The van der Waals surface area contributed by atoms with Gasteiger partial charge in [0.25, 0.3) is 0 Å². The second kappa shape index (κ2) is 10.1. The van der Waals surface area contributed by atoms with Crippen LogP contribution >= 0.6 is 12.4 Å². The highest BCUT2D eigenvalue weighted by Gasteiger charge is 2.45. The van der Waals surface area contributed by atoms with Crippen LogP contribution in [0.15, 0.2) is 54.6 Å². The molecule has 0 saturated carbocycles. The van der Waals surface area contributed by atoms with Crippen molar-refractivity contribution in [1.29, 1.82) is 0 Å². The molecule has 1 saturated heterocycles. The molecule has 166 valence electrons. The second-order valence-electron chi connectivity index (χ2n) is 7.97. The molecule has 0 bridgehead atoms. The van der Waals surface area contributed by atoms with Crippen LogP contribution in [0.2, 0.25) is 0 Å². The number of sulfonamides is 1. The van der Waals surface area contributed by atoms with Crippen LogP contribution in [0.25, 0.3) is 0 Å².